The van der Waals surface area contributed by atoms with Crippen LogP contribution in [-0.4, -0.2) is 57.3 Å². The van der Waals surface area contributed by atoms with Crippen LogP contribution in [-0.2, 0) is 27.0 Å². The minimum absolute atomic E-state index is 0.210. The lowest BCUT2D eigenvalue weighted by molar-refractivity contribution is -0.143. The summed E-state index contributed by atoms with van der Waals surface area (Å²) in [6, 6.07) is 30.7. The molecule has 1 saturated heterocycles. The van der Waals surface area contributed by atoms with Gasteiger partial charge in [0.25, 0.3) is 5.54 Å². The number of rotatable bonds is 11. The molecule has 0 spiro atoms. The third-order valence-electron chi connectivity index (χ3n) is 8.22. The Balaban J connectivity index is 1.34. The number of nitrogens with zero attached hydrogens (tertiary/aromatic N) is 6. The summed E-state index contributed by atoms with van der Waals surface area (Å²) in [5, 5.41) is 13.5. The summed E-state index contributed by atoms with van der Waals surface area (Å²) in [6.45, 7) is 13.3. The highest BCUT2D eigenvalue weighted by Crippen LogP contribution is 2.41. The highest BCUT2D eigenvalue weighted by Gasteiger charge is 2.44. The van der Waals surface area contributed by atoms with Gasteiger partial charge in [0.1, 0.15) is 0 Å². The van der Waals surface area contributed by atoms with Crippen molar-refractivity contribution in [3.8, 4) is 0 Å². The molecule has 0 unspecified atom stereocenters. The first kappa shape index (κ1) is 28.2. The number of likely N-dealkylation sites (tertiary alicyclic amines) is 1. The van der Waals surface area contributed by atoms with Crippen LogP contribution in [0.5, 0.6) is 0 Å². The van der Waals surface area contributed by atoms with Gasteiger partial charge >= 0.3 is 5.97 Å². The highest BCUT2D eigenvalue weighted by atomic mass is 16.5. The topological polar surface area (TPSA) is 77.5 Å². The van der Waals surface area contributed by atoms with Gasteiger partial charge in [-0.05, 0) is 43.6 Å². The van der Waals surface area contributed by atoms with Crippen molar-refractivity contribution in [2.75, 3.05) is 26.2 Å². The van der Waals surface area contributed by atoms with E-state index in [1.807, 2.05) is 42.5 Å². The van der Waals surface area contributed by atoms with Crippen LogP contribution in [0.1, 0.15) is 55.1 Å². The molecular weight excluding hydrogens is 512 g/mol. The number of carbonyl (C=O) groups excluding carboxylic acids is 1. The van der Waals surface area contributed by atoms with Crippen LogP contribution >= 0.6 is 0 Å². The number of hydrogen-bond donors (Lipinski definition) is 0. The molecule has 2 heterocycles. The van der Waals surface area contributed by atoms with E-state index in [-0.39, 0.29) is 17.8 Å². The predicted molar refractivity (Wildman–Crippen MR) is 157 cm³/mol. The molecule has 0 aliphatic carbocycles. The fourth-order valence-electron chi connectivity index (χ4n) is 5.90. The molecular formula is C33H36N6O2. The molecule has 0 radical (unpaired) electrons. The number of hydrogen-bond acceptors (Lipinski definition) is 6. The maximum absolute atomic E-state index is 11.8. The van der Waals surface area contributed by atoms with Crippen molar-refractivity contribution in [3.63, 3.8) is 0 Å². The van der Waals surface area contributed by atoms with Crippen LogP contribution in [0.3, 0.4) is 0 Å². The summed E-state index contributed by atoms with van der Waals surface area (Å²) in [7, 11) is 0. The van der Waals surface area contributed by atoms with Crippen LogP contribution in [0.4, 0.5) is 0 Å². The number of aromatic nitrogens is 4. The molecule has 0 atom stereocenters. The number of carbonyl (C=O) groups is 1. The highest BCUT2D eigenvalue weighted by molar-refractivity contribution is 5.69. The van der Waals surface area contributed by atoms with Crippen molar-refractivity contribution in [1.29, 1.82) is 0 Å². The van der Waals surface area contributed by atoms with Gasteiger partial charge < -0.3 is 9.64 Å². The molecule has 0 bridgehead atoms. The van der Waals surface area contributed by atoms with Crippen LogP contribution in [0.15, 0.2) is 91.0 Å². The molecule has 5 rings (SSSR count). The van der Waals surface area contributed by atoms with Crippen LogP contribution in [0.2, 0.25) is 0 Å². The van der Waals surface area contributed by atoms with E-state index < -0.39 is 5.54 Å². The molecule has 8 heteroatoms. The molecule has 1 aliphatic heterocycles. The Labute approximate surface area is 241 Å². The maximum Gasteiger partial charge on any atom is 0.307 e. The minimum Gasteiger partial charge on any atom is -0.466 e. The van der Waals surface area contributed by atoms with Crippen molar-refractivity contribution < 1.29 is 9.53 Å². The third-order valence-corrected chi connectivity index (χ3v) is 8.22. The zero-order valence-corrected chi connectivity index (χ0v) is 23.5. The van der Waals surface area contributed by atoms with Gasteiger partial charge in [0.05, 0.1) is 25.0 Å². The third kappa shape index (κ3) is 6.06. The molecule has 3 aromatic carbocycles. The van der Waals surface area contributed by atoms with Gasteiger partial charge in [-0.3, -0.25) is 9.64 Å². The Kier molecular flexibility index (Phi) is 8.85. The molecule has 1 fully saturated rings. The SMILES string of the molecule is [C-]#[N+]C(CCN1CCC(c2ccccc2)(c2nnn(CCC(=O)OCC)n2)CC1)(c1ccccc1)c1ccccc1. The molecule has 210 valence electrons. The molecule has 4 aromatic rings. The number of aryl methyl sites for hydroxylation is 1. The lowest BCUT2D eigenvalue weighted by atomic mass is 9.72. The molecule has 1 aromatic heterocycles. The smallest absolute Gasteiger partial charge is 0.307 e. The Morgan fingerprint density at radius 1 is 0.927 bits per heavy atom. The molecule has 41 heavy (non-hydrogen) atoms. The lowest BCUT2D eigenvalue weighted by Crippen LogP contribution is -2.45. The van der Waals surface area contributed by atoms with Crippen LogP contribution in [0.25, 0.3) is 4.85 Å². The molecule has 0 saturated carbocycles. The van der Waals surface area contributed by atoms with Gasteiger partial charge in [-0.2, -0.15) is 4.80 Å². The Bertz CT molecular complexity index is 1400. The summed E-state index contributed by atoms with van der Waals surface area (Å²) < 4.78 is 5.05. The second-order valence-corrected chi connectivity index (χ2v) is 10.5. The van der Waals surface area contributed by atoms with E-state index >= 15 is 0 Å². The average Bonchev–Trinajstić information content (AvgIpc) is 3.52. The number of benzene rings is 3. The second kappa shape index (κ2) is 12.9. The first-order valence-electron chi connectivity index (χ1n) is 14.3. The molecule has 1 aliphatic rings. The Morgan fingerprint density at radius 3 is 2.07 bits per heavy atom. The Hall–Kier alpha value is -4.35. The molecule has 0 amide bonds. The first-order valence-corrected chi connectivity index (χ1v) is 14.3. The van der Waals surface area contributed by atoms with Crippen molar-refractivity contribution in [2.24, 2.45) is 0 Å². The van der Waals surface area contributed by atoms with Crippen molar-refractivity contribution >= 4 is 5.97 Å². The van der Waals surface area contributed by atoms with E-state index in [1.54, 1.807) is 6.92 Å². The summed E-state index contributed by atoms with van der Waals surface area (Å²) in [6.07, 6.45) is 2.58. The molecule has 0 N–H and O–H groups in total. The van der Waals surface area contributed by atoms with Gasteiger partial charge in [-0.15, -0.1) is 10.2 Å². The van der Waals surface area contributed by atoms with Gasteiger partial charge in [0.2, 0.25) is 0 Å². The zero-order valence-electron chi connectivity index (χ0n) is 23.5. The largest absolute Gasteiger partial charge is 0.466 e. The molecule has 8 nitrogen and oxygen atoms in total. The zero-order chi connectivity index (χ0) is 28.5. The van der Waals surface area contributed by atoms with Crippen molar-refractivity contribution in [3.05, 3.63) is 125 Å². The second-order valence-electron chi connectivity index (χ2n) is 10.5. The van der Waals surface area contributed by atoms with Gasteiger partial charge in [0, 0.05) is 24.1 Å². The predicted octanol–water partition coefficient (Wildman–Crippen LogP) is 5.26. The van der Waals surface area contributed by atoms with E-state index in [1.165, 1.54) is 10.4 Å². The normalized spacial score (nSPS) is 15.2. The number of esters is 1. The van der Waals surface area contributed by atoms with E-state index in [9.17, 15) is 4.79 Å². The fourth-order valence-corrected chi connectivity index (χ4v) is 5.90. The number of tetrazole rings is 1. The summed E-state index contributed by atoms with van der Waals surface area (Å²) in [5.74, 6) is 0.426. The minimum atomic E-state index is -0.736. The van der Waals surface area contributed by atoms with E-state index in [0.717, 1.165) is 43.6 Å². The maximum atomic E-state index is 11.8. The van der Waals surface area contributed by atoms with Gasteiger partial charge in [0.15, 0.2) is 5.82 Å². The first-order chi connectivity index (χ1) is 20.1. The van der Waals surface area contributed by atoms with E-state index in [0.29, 0.717) is 25.4 Å². The quantitative estimate of drug-likeness (QED) is 0.188. The fraction of sp³-hybridized carbons (Fsp3) is 0.364. The van der Waals surface area contributed by atoms with Crippen molar-refractivity contribution in [1.82, 2.24) is 25.1 Å². The Morgan fingerprint density at radius 2 is 1.51 bits per heavy atom. The number of piperidine rings is 1. The lowest BCUT2D eigenvalue weighted by Gasteiger charge is -2.40. The van der Waals surface area contributed by atoms with Gasteiger partial charge in [-0.25, -0.2) is 6.57 Å². The number of ether oxygens (including phenoxy) is 1. The van der Waals surface area contributed by atoms with Crippen molar-refractivity contribution in [2.45, 2.75) is 50.1 Å². The van der Waals surface area contributed by atoms with E-state index in [2.05, 4.69) is 68.6 Å². The van der Waals surface area contributed by atoms with Gasteiger partial charge in [-0.1, -0.05) is 91.0 Å². The van der Waals surface area contributed by atoms with Crippen LogP contribution in [0, 0.1) is 6.57 Å². The standard InChI is InChI=1S/C33H36N6O2/c1-3-41-30(40)19-23-39-36-31(35-37-39)32(27-13-7-4-8-14-27)20-24-38(25-21-32)26-22-33(34-2,28-15-9-5-10-16-28)29-17-11-6-12-18-29/h4-18H,3,19-26H2,1H3. The summed E-state index contributed by atoms with van der Waals surface area (Å²) >= 11 is 0. The average molecular weight is 549 g/mol. The summed E-state index contributed by atoms with van der Waals surface area (Å²) in [4.78, 5) is 20.1. The van der Waals surface area contributed by atoms with E-state index in [4.69, 9.17) is 16.4 Å². The summed E-state index contributed by atoms with van der Waals surface area (Å²) in [5.41, 5.74) is 2.13. The monoisotopic (exact) mass is 548 g/mol. The van der Waals surface area contributed by atoms with Crippen LogP contribution < -0.4 is 0 Å².